The van der Waals surface area contributed by atoms with Crippen LogP contribution in [0.2, 0.25) is 0 Å². The molecule has 0 fully saturated rings. The SMILES string of the molecule is COc1ccccc1CCCNC(=O)c1ccc(Br)cc1. The molecule has 0 aliphatic rings. The van der Waals surface area contributed by atoms with E-state index in [1.54, 1.807) is 19.2 Å². The normalized spacial score (nSPS) is 10.2. The number of hydrogen-bond donors (Lipinski definition) is 1. The molecule has 0 aliphatic carbocycles. The van der Waals surface area contributed by atoms with E-state index in [1.165, 1.54) is 0 Å². The van der Waals surface area contributed by atoms with Gasteiger partial charge in [0.05, 0.1) is 7.11 Å². The number of para-hydroxylation sites is 1. The molecule has 4 heteroatoms. The van der Waals surface area contributed by atoms with Gasteiger partial charge in [-0.05, 0) is 48.7 Å². The van der Waals surface area contributed by atoms with Crippen LogP contribution in [0.25, 0.3) is 0 Å². The van der Waals surface area contributed by atoms with Crippen molar-refractivity contribution in [2.45, 2.75) is 12.8 Å². The van der Waals surface area contributed by atoms with Gasteiger partial charge >= 0.3 is 0 Å². The van der Waals surface area contributed by atoms with Crippen molar-refractivity contribution >= 4 is 21.8 Å². The Balaban J connectivity index is 1.79. The van der Waals surface area contributed by atoms with Crippen LogP contribution in [0.1, 0.15) is 22.3 Å². The maximum absolute atomic E-state index is 11.9. The van der Waals surface area contributed by atoms with Gasteiger partial charge in [0.1, 0.15) is 5.75 Å². The molecular formula is C17H18BrNO2. The number of aryl methyl sites for hydroxylation is 1. The predicted molar refractivity (Wildman–Crippen MR) is 87.8 cm³/mol. The number of benzene rings is 2. The molecule has 3 nitrogen and oxygen atoms in total. The van der Waals surface area contributed by atoms with Crippen molar-refractivity contribution in [2.75, 3.05) is 13.7 Å². The van der Waals surface area contributed by atoms with Crippen LogP contribution < -0.4 is 10.1 Å². The summed E-state index contributed by atoms with van der Waals surface area (Å²) in [7, 11) is 1.67. The third-order valence-corrected chi connectivity index (χ3v) is 3.74. The van der Waals surface area contributed by atoms with E-state index >= 15 is 0 Å². The second-order valence-corrected chi connectivity index (χ2v) is 5.59. The summed E-state index contributed by atoms with van der Waals surface area (Å²) in [6.07, 6.45) is 1.76. The molecule has 0 spiro atoms. The van der Waals surface area contributed by atoms with Crippen LogP contribution >= 0.6 is 15.9 Å². The molecule has 0 saturated carbocycles. The maximum atomic E-state index is 11.9. The molecule has 110 valence electrons. The average Bonchev–Trinajstić information content (AvgIpc) is 2.52. The van der Waals surface area contributed by atoms with Gasteiger partial charge in [-0.2, -0.15) is 0 Å². The highest BCUT2D eigenvalue weighted by atomic mass is 79.9. The lowest BCUT2D eigenvalue weighted by atomic mass is 10.1. The lowest BCUT2D eigenvalue weighted by molar-refractivity contribution is 0.0953. The van der Waals surface area contributed by atoms with E-state index in [-0.39, 0.29) is 5.91 Å². The van der Waals surface area contributed by atoms with Crippen LogP contribution in [0, 0.1) is 0 Å². The van der Waals surface area contributed by atoms with Crippen molar-refractivity contribution in [3.8, 4) is 5.75 Å². The van der Waals surface area contributed by atoms with E-state index in [0.29, 0.717) is 12.1 Å². The maximum Gasteiger partial charge on any atom is 0.251 e. The molecule has 0 saturated heterocycles. The lowest BCUT2D eigenvalue weighted by Gasteiger charge is -2.09. The fraction of sp³-hybridized carbons (Fsp3) is 0.235. The van der Waals surface area contributed by atoms with Gasteiger partial charge in [-0.1, -0.05) is 34.1 Å². The minimum atomic E-state index is -0.0393. The third kappa shape index (κ3) is 4.60. The van der Waals surface area contributed by atoms with Crippen molar-refractivity contribution in [3.05, 3.63) is 64.1 Å². The molecule has 1 N–H and O–H groups in total. The second-order valence-electron chi connectivity index (χ2n) is 4.68. The van der Waals surface area contributed by atoms with E-state index in [2.05, 4.69) is 27.3 Å². The summed E-state index contributed by atoms with van der Waals surface area (Å²) >= 11 is 3.35. The van der Waals surface area contributed by atoms with E-state index in [1.807, 2.05) is 30.3 Å². The Morgan fingerprint density at radius 1 is 1.14 bits per heavy atom. The zero-order valence-electron chi connectivity index (χ0n) is 11.9. The molecule has 2 aromatic carbocycles. The summed E-state index contributed by atoms with van der Waals surface area (Å²) in [5, 5.41) is 2.93. The van der Waals surface area contributed by atoms with Gasteiger partial charge in [0.2, 0.25) is 0 Å². The Morgan fingerprint density at radius 3 is 2.57 bits per heavy atom. The minimum absolute atomic E-state index is 0.0393. The molecular weight excluding hydrogens is 330 g/mol. The molecule has 1 amide bonds. The van der Waals surface area contributed by atoms with Crippen LogP contribution in [0.4, 0.5) is 0 Å². The van der Waals surface area contributed by atoms with Gasteiger partial charge in [0.25, 0.3) is 5.91 Å². The summed E-state index contributed by atoms with van der Waals surface area (Å²) < 4.78 is 6.28. The number of methoxy groups -OCH3 is 1. The van der Waals surface area contributed by atoms with Gasteiger partial charge in [0, 0.05) is 16.6 Å². The third-order valence-electron chi connectivity index (χ3n) is 3.21. The Labute approximate surface area is 133 Å². The van der Waals surface area contributed by atoms with Crippen molar-refractivity contribution in [1.82, 2.24) is 5.32 Å². The quantitative estimate of drug-likeness (QED) is 0.806. The molecule has 0 atom stereocenters. The fourth-order valence-corrected chi connectivity index (χ4v) is 2.36. The molecule has 21 heavy (non-hydrogen) atoms. The Morgan fingerprint density at radius 2 is 1.86 bits per heavy atom. The average molecular weight is 348 g/mol. The number of nitrogens with one attached hydrogen (secondary N) is 1. The molecule has 0 aromatic heterocycles. The van der Waals surface area contributed by atoms with Crippen LogP contribution in [0.5, 0.6) is 5.75 Å². The van der Waals surface area contributed by atoms with Crippen LogP contribution in [0.3, 0.4) is 0 Å². The highest BCUT2D eigenvalue weighted by Crippen LogP contribution is 2.18. The first kappa shape index (κ1) is 15.6. The number of ether oxygens (including phenoxy) is 1. The molecule has 2 aromatic rings. The van der Waals surface area contributed by atoms with Crippen LogP contribution in [-0.2, 0) is 6.42 Å². The first-order chi connectivity index (χ1) is 10.2. The lowest BCUT2D eigenvalue weighted by Crippen LogP contribution is -2.24. The molecule has 0 bridgehead atoms. The van der Waals surface area contributed by atoms with Gasteiger partial charge < -0.3 is 10.1 Å². The smallest absolute Gasteiger partial charge is 0.251 e. The number of carbonyl (C=O) groups is 1. The number of amides is 1. The Hall–Kier alpha value is -1.81. The van der Waals surface area contributed by atoms with Gasteiger partial charge in [-0.25, -0.2) is 0 Å². The molecule has 0 aliphatic heterocycles. The van der Waals surface area contributed by atoms with E-state index in [0.717, 1.165) is 28.6 Å². The number of hydrogen-bond acceptors (Lipinski definition) is 2. The van der Waals surface area contributed by atoms with E-state index < -0.39 is 0 Å². The number of carbonyl (C=O) groups excluding carboxylic acids is 1. The van der Waals surface area contributed by atoms with E-state index in [9.17, 15) is 4.79 Å². The van der Waals surface area contributed by atoms with E-state index in [4.69, 9.17) is 4.74 Å². The summed E-state index contributed by atoms with van der Waals surface area (Å²) in [6, 6.07) is 15.3. The molecule has 0 radical (unpaired) electrons. The topological polar surface area (TPSA) is 38.3 Å². The predicted octanol–water partition coefficient (Wildman–Crippen LogP) is 3.82. The van der Waals surface area contributed by atoms with Crippen molar-refractivity contribution in [2.24, 2.45) is 0 Å². The molecule has 0 unspecified atom stereocenters. The summed E-state index contributed by atoms with van der Waals surface area (Å²) in [5.74, 6) is 0.860. The Bertz CT molecular complexity index is 596. The first-order valence-corrected chi connectivity index (χ1v) is 7.65. The summed E-state index contributed by atoms with van der Waals surface area (Å²) in [5.41, 5.74) is 1.84. The number of halogens is 1. The van der Waals surface area contributed by atoms with Gasteiger partial charge in [-0.3, -0.25) is 4.79 Å². The first-order valence-electron chi connectivity index (χ1n) is 6.86. The molecule has 0 heterocycles. The zero-order valence-corrected chi connectivity index (χ0v) is 13.5. The van der Waals surface area contributed by atoms with Gasteiger partial charge in [0.15, 0.2) is 0 Å². The summed E-state index contributed by atoms with van der Waals surface area (Å²) in [4.78, 5) is 11.9. The van der Waals surface area contributed by atoms with Crippen LogP contribution in [0.15, 0.2) is 53.0 Å². The highest BCUT2D eigenvalue weighted by molar-refractivity contribution is 9.10. The second kappa shape index (κ2) is 7.84. The van der Waals surface area contributed by atoms with Gasteiger partial charge in [-0.15, -0.1) is 0 Å². The monoisotopic (exact) mass is 347 g/mol. The number of rotatable bonds is 6. The minimum Gasteiger partial charge on any atom is -0.496 e. The van der Waals surface area contributed by atoms with Crippen LogP contribution in [-0.4, -0.2) is 19.6 Å². The standard InChI is InChI=1S/C17H18BrNO2/c1-21-16-7-3-2-5-13(16)6-4-12-19-17(20)14-8-10-15(18)11-9-14/h2-3,5,7-11H,4,6,12H2,1H3,(H,19,20). The van der Waals surface area contributed by atoms with Crippen molar-refractivity contribution in [1.29, 1.82) is 0 Å². The fourth-order valence-electron chi connectivity index (χ4n) is 2.09. The van der Waals surface area contributed by atoms with Crippen molar-refractivity contribution in [3.63, 3.8) is 0 Å². The zero-order chi connectivity index (χ0) is 15.1. The summed E-state index contributed by atoms with van der Waals surface area (Å²) in [6.45, 7) is 0.646. The van der Waals surface area contributed by atoms with Crippen molar-refractivity contribution < 1.29 is 9.53 Å². The Kier molecular flexibility index (Phi) is 5.81. The molecule has 2 rings (SSSR count). The largest absolute Gasteiger partial charge is 0.496 e. The highest BCUT2D eigenvalue weighted by Gasteiger charge is 2.05.